The van der Waals surface area contributed by atoms with Crippen LogP contribution in [0.15, 0.2) is 23.6 Å². The number of nitrogens with one attached hydrogen (secondary N) is 1. The number of hydrogen-bond acceptors (Lipinski definition) is 6. The van der Waals surface area contributed by atoms with Crippen LogP contribution in [-0.4, -0.2) is 40.4 Å². The molecule has 110 valence electrons. The van der Waals surface area contributed by atoms with Crippen LogP contribution in [0, 0.1) is 0 Å². The largest absolute Gasteiger partial charge is 0.465 e. The van der Waals surface area contributed by atoms with E-state index in [2.05, 4.69) is 15.3 Å². The standard InChI is InChI=1S/C14H21N3O2S/c1-3-19-13(18)14(15-2)7-4-5-11(9-14)20-12-6-8-16-10-17-12/h6,8,10-11,15H,3-5,7,9H2,1-2H3. The van der Waals surface area contributed by atoms with Crippen molar-refractivity contribution in [2.24, 2.45) is 0 Å². The van der Waals surface area contributed by atoms with Gasteiger partial charge in [-0.05, 0) is 45.7 Å². The number of carbonyl (C=O) groups excluding carboxylic acids is 1. The van der Waals surface area contributed by atoms with E-state index in [4.69, 9.17) is 4.74 Å². The summed E-state index contributed by atoms with van der Waals surface area (Å²) < 4.78 is 5.24. The molecule has 1 heterocycles. The molecule has 2 unspecified atom stereocenters. The minimum absolute atomic E-state index is 0.129. The van der Waals surface area contributed by atoms with E-state index in [9.17, 15) is 4.79 Å². The fourth-order valence-corrected chi connectivity index (χ4v) is 3.87. The van der Waals surface area contributed by atoms with E-state index in [1.165, 1.54) is 0 Å². The second-order valence-corrected chi connectivity index (χ2v) is 6.26. The van der Waals surface area contributed by atoms with Gasteiger partial charge in [0.2, 0.25) is 0 Å². The Bertz CT molecular complexity index is 443. The number of rotatable bonds is 5. The molecule has 2 atom stereocenters. The van der Waals surface area contributed by atoms with Crippen molar-refractivity contribution in [1.82, 2.24) is 15.3 Å². The minimum Gasteiger partial charge on any atom is -0.465 e. The average Bonchev–Trinajstić information content (AvgIpc) is 2.48. The lowest BCUT2D eigenvalue weighted by Crippen LogP contribution is -2.54. The summed E-state index contributed by atoms with van der Waals surface area (Å²) in [5, 5.41) is 4.53. The molecule has 5 nitrogen and oxygen atoms in total. The molecule has 2 rings (SSSR count). The van der Waals surface area contributed by atoms with Crippen LogP contribution in [0.25, 0.3) is 0 Å². The third kappa shape index (κ3) is 3.49. The van der Waals surface area contributed by atoms with Gasteiger partial charge in [-0.1, -0.05) is 0 Å². The highest BCUT2D eigenvalue weighted by Crippen LogP contribution is 2.38. The van der Waals surface area contributed by atoms with E-state index in [0.717, 1.165) is 30.7 Å². The number of aromatic nitrogens is 2. The Morgan fingerprint density at radius 2 is 2.50 bits per heavy atom. The van der Waals surface area contributed by atoms with Crippen molar-refractivity contribution < 1.29 is 9.53 Å². The van der Waals surface area contributed by atoms with Gasteiger partial charge < -0.3 is 10.1 Å². The molecule has 0 radical (unpaired) electrons. The molecule has 1 aromatic heterocycles. The van der Waals surface area contributed by atoms with Crippen LogP contribution in [-0.2, 0) is 9.53 Å². The summed E-state index contributed by atoms with van der Waals surface area (Å²) in [6.07, 6.45) is 7.02. The average molecular weight is 295 g/mol. The van der Waals surface area contributed by atoms with Gasteiger partial charge in [-0.3, -0.25) is 4.79 Å². The van der Waals surface area contributed by atoms with Crippen LogP contribution in [0.3, 0.4) is 0 Å². The van der Waals surface area contributed by atoms with Crippen molar-refractivity contribution in [2.45, 2.75) is 48.4 Å². The molecule has 0 amide bonds. The maximum Gasteiger partial charge on any atom is 0.326 e. The zero-order valence-corrected chi connectivity index (χ0v) is 12.8. The molecule has 1 aliphatic carbocycles. The summed E-state index contributed by atoms with van der Waals surface area (Å²) in [6.45, 7) is 2.27. The molecule has 0 aliphatic heterocycles. The second-order valence-electron chi connectivity index (χ2n) is 4.94. The number of nitrogens with zero attached hydrogens (tertiary/aromatic N) is 2. The van der Waals surface area contributed by atoms with Gasteiger partial charge in [0.15, 0.2) is 0 Å². The van der Waals surface area contributed by atoms with Gasteiger partial charge in [0.25, 0.3) is 0 Å². The maximum atomic E-state index is 12.2. The first kappa shape index (κ1) is 15.3. The number of ether oxygens (including phenoxy) is 1. The monoisotopic (exact) mass is 295 g/mol. The van der Waals surface area contributed by atoms with E-state index < -0.39 is 5.54 Å². The van der Waals surface area contributed by atoms with Crippen LogP contribution in [0.5, 0.6) is 0 Å². The van der Waals surface area contributed by atoms with Crippen molar-refractivity contribution in [3.8, 4) is 0 Å². The van der Waals surface area contributed by atoms with Crippen LogP contribution in [0.4, 0.5) is 0 Å². The zero-order valence-electron chi connectivity index (χ0n) is 12.0. The normalized spacial score (nSPS) is 26.2. The van der Waals surface area contributed by atoms with Crippen molar-refractivity contribution in [3.05, 3.63) is 18.6 Å². The molecule has 1 aliphatic rings. The van der Waals surface area contributed by atoms with Gasteiger partial charge in [0, 0.05) is 11.4 Å². The predicted molar refractivity (Wildman–Crippen MR) is 78.6 cm³/mol. The lowest BCUT2D eigenvalue weighted by atomic mass is 9.81. The zero-order chi connectivity index (χ0) is 14.4. The fourth-order valence-electron chi connectivity index (χ4n) is 2.63. The third-order valence-electron chi connectivity index (χ3n) is 3.69. The molecule has 0 bridgehead atoms. The summed E-state index contributed by atoms with van der Waals surface area (Å²) in [4.78, 5) is 20.4. The van der Waals surface area contributed by atoms with Crippen molar-refractivity contribution in [3.63, 3.8) is 0 Å². The van der Waals surface area contributed by atoms with E-state index in [1.807, 2.05) is 20.0 Å². The van der Waals surface area contributed by atoms with Gasteiger partial charge in [0.1, 0.15) is 11.9 Å². The quantitative estimate of drug-likeness (QED) is 0.662. The van der Waals surface area contributed by atoms with Gasteiger partial charge in [0.05, 0.1) is 11.6 Å². The van der Waals surface area contributed by atoms with Crippen molar-refractivity contribution >= 4 is 17.7 Å². The molecule has 0 spiro atoms. The van der Waals surface area contributed by atoms with Crippen LogP contribution in [0.1, 0.15) is 32.6 Å². The topological polar surface area (TPSA) is 64.1 Å². The van der Waals surface area contributed by atoms with Crippen LogP contribution < -0.4 is 5.32 Å². The van der Waals surface area contributed by atoms with Crippen molar-refractivity contribution in [2.75, 3.05) is 13.7 Å². The van der Waals surface area contributed by atoms with Gasteiger partial charge >= 0.3 is 5.97 Å². The highest BCUT2D eigenvalue weighted by molar-refractivity contribution is 7.99. The van der Waals surface area contributed by atoms with Gasteiger partial charge in [-0.2, -0.15) is 0 Å². The predicted octanol–water partition coefficient (Wildman–Crippen LogP) is 2.03. The summed E-state index contributed by atoms with van der Waals surface area (Å²) in [5.41, 5.74) is -0.543. The van der Waals surface area contributed by atoms with E-state index in [1.54, 1.807) is 24.3 Å². The first-order valence-corrected chi connectivity index (χ1v) is 7.87. The SMILES string of the molecule is CCOC(=O)C1(NC)CCCC(Sc2ccncn2)C1. The Hall–Kier alpha value is -1.14. The minimum atomic E-state index is -0.543. The molecule has 1 aromatic rings. The van der Waals surface area contributed by atoms with E-state index >= 15 is 0 Å². The first-order valence-electron chi connectivity index (χ1n) is 6.99. The first-order chi connectivity index (χ1) is 9.70. The molecular formula is C14H21N3O2S. The molecule has 6 heteroatoms. The highest BCUT2D eigenvalue weighted by atomic mass is 32.2. The summed E-state index contributed by atoms with van der Waals surface area (Å²) in [6, 6.07) is 1.91. The lowest BCUT2D eigenvalue weighted by molar-refractivity contribution is -0.152. The maximum absolute atomic E-state index is 12.2. The van der Waals surface area contributed by atoms with Gasteiger partial charge in [-0.25, -0.2) is 9.97 Å². The molecule has 0 saturated heterocycles. The Morgan fingerprint density at radius 1 is 1.65 bits per heavy atom. The number of likely N-dealkylation sites (N-methyl/N-ethyl adjacent to an activating group) is 1. The summed E-state index contributed by atoms with van der Waals surface area (Å²) >= 11 is 1.72. The third-order valence-corrected chi connectivity index (χ3v) is 4.91. The molecule has 1 saturated carbocycles. The molecule has 20 heavy (non-hydrogen) atoms. The van der Waals surface area contributed by atoms with Crippen LogP contribution in [0.2, 0.25) is 0 Å². The number of hydrogen-bond donors (Lipinski definition) is 1. The van der Waals surface area contributed by atoms with E-state index in [-0.39, 0.29) is 5.97 Å². The van der Waals surface area contributed by atoms with Gasteiger partial charge in [-0.15, -0.1) is 11.8 Å². The second kappa shape index (κ2) is 7.04. The number of thioether (sulfide) groups is 1. The lowest BCUT2D eigenvalue weighted by Gasteiger charge is -2.38. The highest BCUT2D eigenvalue weighted by Gasteiger charge is 2.43. The molecule has 1 N–H and O–H groups in total. The smallest absolute Gasteiger partial charge is 0.326 e. The number of esters is 1. The Balaban J connectivity index is 2.04. The Morgan fingerprint density at radius 3 is 3.15 bits per heavy atom. The summed E-state index contributed by atoms with van der Waals surface area (Å²) in [7, 11) is 1.84. The van der Waals surface area contributed by atoms with Crippen LogP contribution >= 0.6 is 11.8 Å². The summed E-state index contributed by atoms with van der Waals surface area (Å²) in [5.74, 6) is -0.129. The van der Waals surface area contributed by atoms with E-state index in [0.29, 0.717) is 11.9 Å². The molecular weight excluding hydrogens is 274 g/mol. The Labute approximate surface area is 123 Å². The Kier molecular flexibility index (Phi) is 5.37. The molecule has 0 aromatic carbocycles. The fraction of sp³-hybridized carbons (Fsp3) is 0.643. The molecule has 1 fully saturated rings. The number of carbonyl (C=O) groups is 1. The van der Waals surface area contributed by atoms with Crippen molar-refractivity contribution in [1.29, 1.82) is 0 Å².